The molecule has 0 aliphatic heterocycles. The molecule has 0 fully saturated rings. The topological polar surface area (TPSA) is 92.3 Å². The summed E-state index contributed by atoms with van der Waals surface area (Å²) in [6, 6.07) is 8.78. The first-order valence-corrected chi connectivity index (χ1v) is 8.87. The predicted octanol–water partition coefficient (Wildman–Crippen LogP) is 3.09. The Morgan fingerprint density at radius 2 is 1.89 bits per heavy atom. The van der Waals surface area contributed by atoms with Crippen LogP contribution in [0.1, 0.15) is 52.9 Å². The maximum atomic E-state index is 12.9. The lowest BCUT2D eigenvalue weighted by Crippen LogP contribution is -2.27. The number of hydrogen-bond donors (Lipinski definition) is 1. The van der Waals surface area contributed by atoms with Crippen molar-refractivity contribution in [2.45, 2.75) is 46.8 Å². The largest absolute Gasteiger partial charge is 0.494 e. The van der Waals surface area contributed by atoms with Crippen LogP contribution < -0.4 is 5.56 Å². The zero-order valence-corrected chi connectivity index (χ0v) is 16.1. The van der Waals surface area contributed by atoms with Crippen molar-refractivity contribution in [1.29, 1.82) is 5.26 Å². The normalized spacial score (nSPS) is 10.8. The second-order valence-electron chi connectivity index (χ2n) is 6.74. The third kappa shape index (κ3) is 4.44. The Bertz CT molecular complexity index is 935. The van der Waals surface area contributed by atoms with Crippen molar-refractivity contribution >= 4 is 5.78 Å². The second kappa shape index (κ2) is 8.65. The molecule has 0 radical (unpaired) electrons. The highest BCUT2D eigenvalue weighted by molar-refractivity contribution is 6.11. The number of nitrogens with zero attached hydrogens (tertiary/aromatic N) is 2. The lowest BCUT2D eigenvalue weighted by molar-refractivity contribution is 0.0743. The zero-order chi connectivity index (χ0) is 20.1. The molecule has 0 spiro atoms. The molecule has 142 valence electrons. The van der Waals surface area contributed by atoms with Gasteiger partial charge in [0.25, 0.3) is 5.56 Å². The third-order valence-electron chi connectivity index (χ3n) is 4.32. The van der Waals surface area contributed by atoms with Crippen LogP contribution in [0.15, 0.2) is 29.1 Å². The first kappa shape index (κ1) is 20.4. The van der Waals surface area contributed by atoms with Crippen molar-refractivity contribution in [3.05, 3.63) is 62.4 Å². The quantitative estimate of drug-likeness (QED) is 0.599. The molecule has 2 rings (SSSR count). The van der Waals surface area contributed by atoms with E-state index in [1.165, 1.54) is 6.92 Å². The number of rotatable bonds is 7. The van der Waals surface area contributed by atoms with Crippen LogP contribution in [0.4, 0.5) is 0 Å². The second-order valence-corrected chi connectivity index (χ2v) is 6.74. The van der Waals surface area contributed by atoms with E-state index < -0.39 is 17.2 Å². The van der Waals surface area contributed by atoms with E-state index in [1.807, 2.05) is 26.8 Å². The SMILES string of the molecule is Cc1ccc(C(=O)c2c(C)c(C#N)c(=O)n(CCCOC(C)C)c2O)cc1. The molecular formula is C21H24N2O4. The minimum Gasteiger partial charge on any atom is -0.494 e. The molecule has 1 aromatic heterocycles. The van der Waals surface area contributed by atoms with E-state index in [4.69, 9.17) is 4.74 Å². The lowest BCUT2D eigenvalue weighted by atomic mass is 9.96. The van der Waals surface area contributed by atoms with Crippen LogP contribution in [0.2, 0.25) is 0 Å². The molecule has 0 unspecified atom stereocenters. The van der Waals surface area contributed by atoms with Crippen LogP contribution >= 0.6 is 0 Å². The van der Waals surface area contributed by atoms with Crippen LogP contribution in [0.25, 0.3) is 0 Å². The molecule has 0 aliphatic carbocycles. The Labute approximate surface area is 158 Å². The molecule has 0 amide bonds. The van der Waals surface area contributed by atoms with Gasteiger partial charge in [0.15, 0.2) is 5.78 Å². The molecule has 27 heavy (non-hydrogen) atoms. The summed E-state index contributed by atoms with van der Waals surface area (Å²) in [7, 11) is 0. The number of ketones is 1. The lowest BCUT2D eigenvalue weighted by Gasteiger charge is -2.16. The van der Waals surface area contributed by atoms with E-state index in [0.717, 1.165) is 10.1 Å². The molecule has 6 heteroatoms. The summed E-state index contributed by atoms with van der Waals surface area (Å²) in [5, 5.41) is 20.0. The van der Waals surface area contributed by atoms with Gasteiger partial charge in [-0.25, -0.2) is 0 Å². The van der Waals surface area contributed by atoms with Crippen molar-refractivity contribution in [1.82, 2.24) is 4.57 Å². The maximum Gasteiger partial charge on any atom is 0.271 e. The summed E-state index contributed by atoms with van der Waals surface area (Å²) in [5.74, 6) is -0.833. The number of pyridine rings is 1. The zero-order valence-electron chi connectivity index (χ0n) is 16.1. The minimum absolute atomic E-state index is 0.0141. The highest BCUT2D eigenvalue weighted by atomic mass is 16.5. The fourth-order valence-electron chi connectivity index (χ4n) is 2.82. The van der Waals surface area contributed by atoms with Crippen molar-refractivity contribution in [3.8, 4) is 11.9 Å². The number of hydrogen-bond acceptors (Lipinski definition) is 5. The number of ether oxygens (including phenoxy) is 1. The van der Waals surface area contributed by atoms with Gasteiger partial charge in [0.1, 0.15) is 11.6 Å². The van der Waals surface area contributed by atoms with E-state index in [1.54, 1.807) is 24.3 Å². The van der Waals surface area contributed by atoms with Crippen LogP contribution in [0.5, 0.6) is 5.88 Å². The number of aryl methyl sites for hydroxylation is 1. The summed E-state index contributed by atoms with van der Waals surface area (Å²) < 4.78 is 6.53. The van der Waals surface area contributed by atoms with E-state index in [0.29, 0.717) is 18.6 Å². The summed E-state index contributed by atoms with van der Waals surface area (Å²) in [6.07, 6.45) is 0.527. The summed E-state index contributed by atoms with van der Waals surface area (Å²) in [4.78, 5) is 25.5. The molecule has 1 N–H and O–H groups in total. The predicted molar refractivity (Wildman–Crippen MR) is 102 cm³/mol. The number of carbonyl (C=O) groups is 1. The van der Waals surface area contributed by atoms with Gasteiger partial charge in [-0.15, -0.1) is 0 Å². The Morgan fingerprint density at radius 1 is 1.26 bits per heavy atom. The van der Waals surface area contributed by atoms with Crippen molar-refractivity contribution < 1.29 is 14.6 Å². The van der Waals surface area contributed by atoms with E-state index in [2.05, 4.69) is 0 Å². The number of nitriles is 1. The number of aromatic hydroxyl groups is 1. The highest BCUT2D eigenvalue weighted by Gasteiger charge is 2.24. The molecule has 0 saturated carbocycles. The van der Waals surface area contributed by atoms with Gasteiger partial charge in [-0.05, 0) is 39.7 Å². The molecule has 0 saturated heterocycles. The molecule has 1 aromatic carbocycles. The van der Waals surface area contributed by atoms with E-state index >= 15 is 0 Å². The Morgan fingerprint density at radius 3 is 2.44 bits per heavy atom. The summed E-state index contributed by atoms with van der Waals surface area (Å²) in [5.41, 5.74) is 0.835. The monoisotopic (exact) mass is 368 g/mol. The van der Waals surface area contributed by atoms with Gasteiger partial charge in [-0.2, -0.15) is 5.26 Å². The van der Waals surface area contributed by atoms with Gasteiger partial charge >= 0.3 is 0 Å². The first-order valence-electron chi connectivity index (χ1n) is 8.87. The molecular weight excluding hydrogens is 344 g/mol. The highest BCUT2D eigenvalue weighted by Crippen LogP contribution is 2.25. The number of carbonyl (C=O) groups excluding carboxylic acids is 1. The molecule has 1 heterocycles. The van der Waals surface area contributed by atoms with Crippen LogP contribution in [0, 0.1) is 25.2 Å². The van der Waals surface area contributed by atoms with Gasteiger partial charge in [0.2, 0.25) is 5.88 Å². The summed E-state index contributed by atoms with van der Waals surface area (Å²) >= 11 is 0. The average Bonchev–Trinajstić information content (AvgIpc) is 2.61. The van der Waals surface area contributed by atoms with Gasteiger partial charge in [0.05, 0.1) is 11.7 Å². The van der Waals surface area contributed by atoms with Crippen molar-refractivity contribution in [2.24, 2.45) is 0 Å². The average molecular weight is 368 g/mol. The molecule has 0 atom stereocenters. The Balaban J connectivity index is 2.49. The third-order valence-corrected chi connectivity index (χ3v) is 4.32. The molecule has 0 bridgehead atoms. The Kier molecular flexibility index (Phi) is 6.54. The fourth-order valence-corrected chi connectivity index (χ4v) is 2.82. The van der Waals surface area contributed by atoms with Gasteiger partial charge in [-0.1, -0.05) is 29.8 Å². The summed E-state index contributed by atoms with van der Waals surface area (Å²) in [6.45, 7) is 7.78. The molecule has 6 nitrogen and oxygen atoms in total. The van der Waals surface area contributed by atoms with Gasteiger partial charge in [-0.3, -0.25) is 14.2 Å². The minimum atomic E-state index is -0.600. The number of benzene rings is 1. The van der Waals surface area contributed by atoms with Crippen molar-refractivity contribution in [3.63, 3.8) is 0 Å². The van der Waals surface area contributed by atoms with E-state index in [9.17, 15) is 20.0 Å². The van der Waals surface area contributed by atoms with Gasteiger partial charge in [0, 0.05) is 18.7 Å². The van der Waals surface area contributed by atoms with E-state index in [-0.39, 0.29) is 29.3 Å². The van der Waals surface area contributed by atoms with Crippen LogP contribution in [-0.2, 0) is 11.3 Å². The smallest absolute Gasteiger partial charge is 0.271 e. The molecule has 0 aliphatic rings. The van der Waals surface area contributed by atoms with Crippen molar-refractivity contribution in [2.75, 3.05) is 6.61 Å². The Hall–Kier alpha value is -2.91. The number of aromatic nitrogens is 1. The van der Waals surface area contributed by atoms with Gasteiger partial charge < -0.3 is 9.84 Å². The molecule has 2 aromatic rings. The standard InChI is InChI=1S/C21H24N2O4/c1-13(2)27-11-5-10-23-20(25)17(12-22)15(4)18(21(23)26)19(24)16-8-6-14(3)7-9-16/h6-9,13,26H,5,10-11H2,1-4H3. The first-order chi connectivity index (χ1) is 12.8. The van der Waals surface area contributed by atoms with Crippen LogP contribution in [0.3, 0.4) is 0 Å². The fraction of sp³-hybridized carbons (Fsp3) is 0.381. The van der Waals surface area contributed by atoms with Crippen LogP contribution in [-0.4, -0.2) is 28.2 Å². The maximum absolute atomic E-state index is 12.9.